The van der Waals surface area contributed by atoms with Gasteiger partial charge in [0.15, 0.2) is 5.16 Å². The minimum absolute atomic E-state index is 0.113. The molecule has 0 N–H and O–H groups in total. The SMILES string of the molecule is C[C@H]1[C@H](n2c(SCc3ccccc3)nc3ccccc3c2=O)CCC[C@@H]1C. The van der Waals surface area contributed by atoms with Crippen LogP contribution < -0.4 is 5.56 Å². The third kappa shape index (κ3) is 3.68. The maximum absolute atomic E-state index is 13.4. The fourth-order valence-corrected chi connectivity index (χ4v) is 5.17. The van der Waals surface area contributed by atoms with Crippen molar-refractivity contribution in [2.75, 3.05) is 0 Å². The first-order valence-corrected chi connectivity index (χ1v) is 10.8. The standard InChI is InChI=1S/C23H26N2OS/c1-16-9-8-14-21(17(16)2)25-22(26)19-12-6-7-13-20(19)24-23(25)27-15-18-10-4-3-5-11-18/h3-7,10-13,16-17,21H,8-9,14-15H2,1-2H3/t16-,17+,21+/m0/s1. The van der Waals surface area contributed by atoms with Gasteiger partial charge < -0.3 is 0 Å². The highest BCUT2D eigenvalue weighted by atomic mass is 32.2. The molecule has 2 aromatic carbocycles. The summed E-state index contributed by atoms with van der Waals surface area (Å²) in [7, 11) is 0. The van der Waals surface area contributed by atoms with E-state index in [0.29, 0.717) is 11.8 Å². The summed E-state index contributed by atoms with van der Waals surface area (Å²) in [6.45, 7) is 4.61. The van der Waals surface area contributed by atoms with Gasteiger partial charge in [0, 0.05) is 11.8 Å². The van der Waals surface area contributed by atoms with E-state index < -0.39 is 0 Å². The molecule has 1 aliphatic carbocycles. The largest absolute Gasteiger partial charge is 0.284 e. The second-order valence-electron chi connectivity index (χ2n) is 7.70. The molecule has 4 heteroatoms. The van der Waals surface area contributed by atoms with E-state index in [1.165, 1.54) is 18.4 Å². The fraction of sp³-hybridized carbons (Fsp3) is 0.391. The Morgan fingerprint density at radius 2 is 1.78 bits per heavy atom. The summed E-state index contributed by atoms with van der Waals surface area (Å²) in [6, 6.07) is 18.4. The summed E-state index contributed by atoms with van der Waals surface area (Å²) in [6.07, 6.45) is 3.49. The number of thioether (sulfide) groups is 1. The van der Waals surface area contributed by atoms with Crippen LogP contribution in [-0.2, 0) is 5.75 Å². The average molecular weight is 379 g/mol. The molecule has 1 fully saturated rings. The molecule has 140 valence electrons. The lowest BCUT2D eigenvalue weighted by atomic mass is 9.78. The molecule has 1 aliphatic rings. The second kappa shape index (κ2) is 7.89. The summed E-state index contributed by atoms with van der Waals surface area (Å²) in [5, 5.41) is 1.58. The number of nitrogens with zero attached hydrogens (tertiary/aromatic N) is 2. The third-order valence-electron chi connectivity index (χ3n) is 5.98. The number of aromatic nitrogens is 2. The molecule has 0 aliphatic heterocycles. The first-order chi connectivity index (χ1) is 13.1. The monoisotopic (exact) mass is 378 g/mol. The molecule has 3 atom stereocenters. The molecule has 0 saturated heterocycles. The Morgan fingerprint density at radius 1 is 1.04 bits per heavy atom. The van der Waals surface area contributed by atoms with Crippen LogP contribution in [0.5, 0.6) is 0 Å². The van der Waals surface area contributed by atoms with Gasteiger partial charge in [0.2, 0.25) is 0 Å². The fourth-order valence-electron chi connectivity index (χ4n) is 4.16. The number of hydrogen-bond acceptors (Lipinski definition) is 3. The Kier molecular flexibility index (Phi) is 5.35. The maximum atomic E-state index is 13.4. The van der Waals surface area contributed by atoms with E-state index in [1.54, 1.807) is 11.8 Å². The van der Waals surface area contributed by atoms with Crippen molar-refractivity contribution in [2.24, 2.45) is 11.8 Å². The molecule has 1 heterocycles. The molecule has 0 radical (unpaired) electrons. The molecule has 3 aromatic rings. The van der Waals surface area contributed by atoms with Crippen molar-refractivity contribution < 1.29 is 0 Å². The van der Waals surface area contributed by atoms with E-state index in [0.717, 1.165) is 28.2 Å². The molecule has 1 saturated carbocycles. The van der Waals surface area contributed by atoms with Crippen molar-refractivity contribution in [3.63, 3.8) is 0 Å². The van der Waals surface area contributed by atoms with Gasteiger partial charge in [-0.05, 0) is 36.0 Å². The molecule has 1 aromatic heterocycles. The lowest BCUT2D eigenvalue weighted by Gasteiger charge is -2.36. The number of hydrogen-bond donors (Lipinski definition) is 0. The van der Waals surface area contributed by atoms with Crippen LogP contribution in [0.1, 0.15) is 44.7 Å². The van der Waals surface area contributed by atoms with Gasteiger partial charge in [-0.25, -0.2) is 4.98 Å². The zero-order valence-electron chi connectivity index (χ0n) is 16.0. The van der Waals surface area contributed by atoms with Crippen LogP contribution in [0.3, 0.4) is 0 Å². The van der Waals surface area contributed by atoms with Crippen LogP contribution in [0.15, 0.2) is 64.5 Å². The zero-order valence-corrected chi connectivity index (χ0v) is 16.8. The number of rotatable bonds is 4. The van der Waals surface area contributed by atoms with Gasteiger partial charge in [0.1, 0.15) is 0 Å². The molecule has 27 heavy (non-hydrogen) atoms. The number of benzene rings is 2. The summed E-state index contributed by atoms with van der Waals surface area (Å²) in [5.74, 6) is 1.94. The summed E-state index contributed by atoms with van der Waals surface area (Å²) < 4.78 is 2.01. The van der Waals surface area contributed by atoms with Crippen LogP contribution in [0.4, 0.5) is 0 Å². The predicted octanol–water partition coefficient (Wildman–Crippen LogP) is 5.69. The molecular weight excluding hydrogens is 352 g/mol. The van der Waals surface area contributed by atoms with Crippen LogP contribution in [0, 0.1) is 11.8 Å². The highest BCUT2D eigenvalue weighted by molar-refractivity contribution is 7.98. The molecule has 0 amide bonds. The van der Waals surface area contributed by atoms with Crippen LogP contribution in [0.25, 0.3) is 10.9 Å². The third-order valence-corrected chi connectivity index (χ3v) is 7.01. The topological polar surface area (TPSA) is 34.9 Å². The van der Waals surface area contributed by atoms with Gasteiger partial charge in [0.05, 0.1) is 10.9 Å². The van der Waals surface area contributed by atoms with Gasteiger partial charge in [-0.2, -0.15) is 0 Å². The highest BCUT2D eigenvalue weighted by Crippen LogP contribution is 2.39. The Morgan fingerprint density at radius 3 is 2.59 bits per heavy atom. The number of fused-ring (bicyclic) bond motifs is 1. The van der Waals surface area contributed by atoms with Gasteiger partial charge >= 0.3 is 0 Å². The quantitative estimate of drug-likeness (QED) is 0.432. The minimum atomic E-state index is 0.113. The summed E-state index contributed by atoms with van der Waals surface area (Å²) >= 11 is 1.68. The van der Waals surface area contributed by atoms with Crippen molar-refractivity contribution in [1.29, 1.82) is 0 Å². The Hall–Kier alpha value is -2.07. The van der Waals surface area contributed by atoms with Crippen molar-refractivity contribution in [3.05, 3.63) is 70.5 Å². The van der Waals surface area contributed by atoms with E-state index in [4.69, 9.17) is 4.98 Å². The first-order valence-electron chi connectivity index (χ1n) is 9.83. The van der Waals surface area contributed by atoms with E-state index in [2.05, 4.69) is 38.1 Å². The van der Waals surface area contributed by atoms with Gasteiger partial charge in [-0.15, -0.1) is 0 Å². The molecule has 0 spiro atoms. The molecule has 0 unspecified atom stereocenters. The van der Waals surface area contributed by atoms with E-state index in [-0.39, 0.29) is 11.6 Å². The van der Waals surface area contributed by atoms with Crippen molar-refractivity contribution in [1.82, 2.24) is 9.55 Å². The molecule has 4 rings (SSSR count). The van der Waals surface area contributed by atoms with Crippen LogP contribution >= 0.6 is 11.8 Å². The van der Waals surface area contributed by atoms with Gasteiger partial charge in [0.25, 0.3) is 5.56 Å². The number of para-hydroxylation sites is 1. The van der Waals surface area contributed by atoms with E-state index in [9.17, 15) is 4.79 Å². The Bertz CT molecular complexity index is 983. The smallest absolute Gasteiger partial charge is 0.262 e. The normalized spacial score (nSPS) is 22.8. The second-order valence-corrected chi connectivity index (χ2v) is 8.64. The summed E-state index contributed by atoms with van der Waals surface area (Å²) in [4.78, 5) is 18.3. The predicted molar refractivity (Wildman–Crippen MR) is 113 cm³/mol. The molecule has 0 bridgehead atoms. The minimum Gasteiger partial charge on any atom is -0.284 e. The lowest BCUT2D eigenvalue weighted by Crippen LogP contribution is -2.35. The van der Waals surface area contributed by atoms with Gasteiger partial charge in [-0.1, -0.05) is 80.9 Å². The van der Waals surface area contributed by atoms with Crippen molar-refractivity contribution >= 4 is 22.7 Å². The van der Waals surface area contributed by atoms with E-state index >= 15 is 0 Å². The lowest BCUT2D eigenvalue weighted by molar-refractivity contribution is 0.173. The Balaban J connectivity index is 1.79. The Labute approximate surface area is 164 Å². The average Bonchev–Trinajstić information content (AvgIpc) is 2.70. The van der Waals surface area contributed by atoms with Crippen LogP contribution in [0.2, 0.25) is 0 Å². The van der Waals surface area contributed by atoms with Crippen LogP contribution in [-0.4, -0.2) is 9.55 Å². The molecular formula is C23H26N2OS. The zero-order chi connectivity index (χ0) is 18.8. The first kappa shape index (κ1) is 18.3. The molecule has 3 nitrogen and oxygen atoms in total. The van der Waals surface area contributed by atoms with Gasteiger partial charge in [-0.3, -0.25) is 9.36 Å². The van der Waals surface area contributed by atoms with Crippen molar-refractivity contribution in [3.8, 4) is 0 Å². The van der Waals surface area contributed by atoms with E-state index in [1.807, 2.05) is 34.9 Å². The van der Waals surface area contributed by atoms with Crippen molar-refractivity contribution in [2.45, 2.75) is 50.1 Å². The highest BCUT2D eigenvalue weighted by Gasteiger charge is 2.31. The maximum Gasteiger partial charge on any atom is 0.262 e. The summed E-state index contributed by atoms with van der Waals surface area (Å²) in [5.41, 5.74) is 2.16.